The van der Waals surface area contributed by atoms with Crippen LogP contribution in [-0.4, -0.2) is 15.9 Å². The summed E-state index contributed by atoms with van der Waals surface area (Å²) in [5, 5.41) is 7.08. The first kappa shape index (κ1) is 14.6. The normalized spacial score (nSPS) is 10.3. The van der Waals surface area contributed by atoms with Crippen LogP contribution < -0.4 is 15.8 Å². The van der Waals surface area contributed by atoms with Crippen LogP contribution in [0, 0.1) is 6.92 Å². The Bertz CT molecular complexity index is 810. The first-order valence-corrected chi connectivity index (χ1v) is 7.08. The molecule has 1 heterocycles. The number of nitrogens with two attached hydrogens (primary N) is 1. The Morgan fingerprint density at radius 3 is 2.52 bits per heavy atom. The minimum absolute atomic E-state index is 0.416. The Balaban J connectivity index is 1.77. The van der Waals surface area contributed by atoms with Gasteiger partial charge in [0.15, 0.2) is 0 Å². The molecule has 0 saturated heterocycles. The minimum Gasteiger partial charge on any atom is -0.410 e. The number of amides is 1. The van der Waals surface area contributed by atoms with Gasteiger partial charge in [-0.05, 0) is 43.3 Å². The summed E-state index contributed by atoms with van der Waals surface area (Å²) in [6, 6.07) is 17.9. The van der Waals surface area contributed by atoms with E-state index in [0.29, 0.717) is 17.3 Å². The number of benzene rings is 2. The van der Waals surface area contributed by atoms with Crippen molar-refractivity contribution in [1.82, 2.24) is 9.78 Å². The number of carbonyl (C=O) groups is 1. The molecule has 2 aromatic carbocycles. The summed E-state index contributed by atoms with van der Waals surface area (Å²) in [4.78, 5) is 12.1. The number of hydrogen-bond donors (Lipinski definition) is 2. The summed E-state index contributed by atoms with van der Waals surface area (Å²) >= 11 is 0. The largest absolute Gasteiger partial charge is 0.418 e. The van der Waals surface area contributed by atoms with Gasteiger partial charge in [-0.15, -0.1) is 0 Å². The van der Waals surface area contributed by atoms with E-state index in [4.69, 9.17) is 10.5 Å². The first-order valence-electron chi connectivity index (χ1n) is 7.08. The second kappa shape index (κ2) is 6.23. The van der Waals surface area contributed by atoms with Crippen molar-refractivity contribution in [3.05, 3.63) is 66.4 Å². The summed E-state index contributed by atoms with van der Waals surface area (Å²) in [5.41, 5.74) is 7.85. The SMILES string of the molecule is Cc1cc(NC(=O)Oc2ccc(N)cc2)n(-c2ccccc2)n1. The van der Waals surface area contributed by atoms with Gasteiger partial charge in [0.2, 0.25) is 0 Å². The summed E-state index contributed by atoms with van der Waals surface area (Å²) in [5.74, 6) is 0.952. The molecular weight excluding hydrogens is 292 g/mol. The third-order valence-corrected chi connectivity index (χ3v) is 3.15. The number of rotatable bonds is 3. The fourth-order valence-electron chi connectivity index (χ4n) is 2.13. The lowest BCUT2D eigenvalue weighted by Crippen LogP contribution is -2.19. The van der Waals surface area contributed by atoms with Crippen molar-refractivity contribution >= 4 is 17.6 Å². The van der Waals surface area contributed by atoms with Gasteiger partial charge in [-0.25, -0.2) is 9.48 Å². The van der Waals surface area contributed by atoms with Crippen LogP contribution in [0.2, 0.25) is 0 Å². The van der Waals surface area contributed by atoms with Crippen molar-refractivity contribution < 1.29 is 9.53 Å². The van der Waals surface area contributed by atoms with E-state index in [1.54, 1.807) is 35.0 Å². The fraction of sp³-hybridized carbons (Fsp3) is 0.0588. The summed E-state index contributed by atoms with van der Waals surface area (Å²) in [6.07, 6.45) is -0.591. The number of para-hydroxylation sites is 1. The van der Waals surface area contributed by atoms with Crippen molar-refractivity contribution in [3.63, 3.8) is 0 Å². The fourth-order valence-corrected chi connectivity index (χ4v) is 2.13. The summed E-state index contributed by atoms with van der Waals surface area (Å²) in [6.45, 7) is 1.86. The third kappa shape index (κ3) is 3.49. The molecule has 6 nitrogen and oxygen atoms in total. The number of nitrogen functional groups attached to an aromatic ring is 1. The molecule has 0 saturated carbocycles. The number of ether oxygens (including phenoxy) is 1. The smallest absolute Gasteiger partial charge is 0.410 e. The van der Waals surface area contributed by atoms with Gasteiger partial charge < -0.3 is 10.5 Å². The molecule has 6 heteroatoms. The molecule has 1 aromatic heterocycles. The maximum absolute atomic E-state index is 12.1. The summed E-state index contributed by atoms with van der Waals surface area (Å²) in [7, 11) is 0. The second-order valence-electron chi connectivity index (χ2n) is 5.00. The van der Waals surface area contributed by atoms with Crippen LogP contribution in [0.15, 0.2) is 60.7 Å². The number of hydrogen-bond acceptors (Lipinski definition) is 4. The van der Waals surface area contributed by atoms with Gasteiger partial charge in [0, 0.05) is 11.8 Å². The van der Waals surface area contributed by atoms with Crippen LogP contribution in [0.1, 0.15) is 5.69 Å². The zero-order valence-corrected chi connectivity index (χ0v) is 12.6. The lowest BCUT2D eigenvalue weighted by atomic mass is 10.3. The zero-order chi connectivity index (χ0) is 16.2. The van der Waals surface area contributed by atoms with Gasteiger partial charge in [-0.1, -0.05) is 18.2 Å². The van der Waals surface area contributed by atoms with Gasteiger partial charge >= 0.3 is 6.09 Å². The van der Waals surface area contributed by atoms with Gasteiger partial charge in [-0.3, -0.25) is 5.32 Å². The van der Waals surface area contributed by atoms with E-state index < -0.39 is 6.09 Å². The molecular formula is C17H16N4O2. The highest BCUT2D eigenvalue weighted by atomic mass is 16.6. The zero-order valence-electron chi connectivity index (χ0n) is 12.6. The topological polar surface area (TPSA) is 82.2 Å². The summed E-state index contributed by atoms with van der Waals surface area (Å²) < 4.78 is 6.88. The van der Waals surface area contributed by atoms with Crippen LogP contribution in [0.4, 0.5) is 16.3 Å². The standard InChI is InChI=1S/C17H16N4O2/c1-12-11-16(21(20-12)14-5-3-2-4-6-14)19-17(22)23-15-9-7-13(18)8-10-15/h2-11H,18H2,1H3,(H,19,22). The molecule has 0 atom stereocenters. The van der Waals surface area contributed by atoms with Crippen LogP contribution in [0.3, 0.4) is 0 Å². The average Bonchev–Trinajstić information content (AvgIpc) is 2.91. The van der Waals surface area contributed by atoms with Gasteiger partial charge in [0.25, 0.3) is 0 Å². The minimum atomic E-state index is -0.591. The van der Waals surface area contributed by atoms with Gasteiger partial charge in [-0.2, -0.15) is 5.10 Å². The quantitative estimate of drug-likeness (QED) is 0.727. The van der Waals surface area contributed by atoms with E-state index >= 15 is 0 Å². The number of nitrogens with zero attached hydrogens (tertiary/aromatic N) is 2. The van der Waals surface area contributed by atoms with E-state index in [2.05, 4.69) is 10.4 Å². The maximum atomic E-state index is 12.1. The molecule has 3 N–H and O–H groups in total. The van der Waals surface area contributed by atoms with Crippen molar-refractivity contribution in [3.8, 4) is 11.4 Å². The van der Waals surface area contributed by atoms with Crippen LogP contribution in [0.5, 0.6) is 5.75 Å². The molecule has 0 aliphatic carbocycles. The van der Waals surface area contributed by atoms with Crippen LogP contribution in [0.25, 0.3) is 5.69 Å². The highest BCUT2D eigenvalue weighted by Crippen LogP contribution is 2.18. The monoisotopic (exact) mass is 308 g/mol. The third-order valence-electron chi connectivity index (χ3n) is 3.15. The molecule has 0 unspecified atom stereocenters. The number of carbonyl (C=O) groups excluding carboxylic acids is 1. The average molecular weight is 308 g/mol. The maximum Gasteiger partial charge on any atom is 0.418 e. The predicted molar refractivity (Wildman–Crippen MR) is 88.8 cm³/mol. The van der Waals surface area contributed by atoms with Crippen molar-refractivity contribution in [2.45, 2.75) is 6.92 Å². The van der Waals surface area contributed by atoms with E-state index in [1.807, 2.05) is 37.3 Å². The van der Waals surface area contributed by atoms with Gasteiger partial charge in [0.05, 0.1) is 11.4 Å². The number of nitrogens with one attached hydrogen (secondary N) is 1. The Morgan fingerprint density at radius 2 is 1.83 bits per heavy atom. The second-order valence-corrected chi connectivity index (χ2v) is 5.00. The molecule has 3 aromatic rings. The number of anilines is 2. The molecule has 0 bridgehead atoms. The lowest BCUT2D eigenvalue weighted by molar-refractivity contribution is 0.215. The van der Waals surface area contributed by atoms with E-state index in [1.165, 1.54) is 0 Å². The van der Waals surface area contributed by atoms with E-state index in [-0.39, 0.29) is 0 Å². The van der Waals surface area contributed by atoms with Crippen molar-refractivity contribution in [2.75, 3.05) is 11.1 Å². The molecule has 0 radical (unpaired) electrons. The molecule has 1 amide bonds. The van der Waals surface area contributed by atoms with E-state index in [9.17, 15) is 4.79 Å². The van der Waals surface area contributed by atoms with Crippen LogP contribution in [-0.2, 0) is 0 Å². The Labute approximate surface area is 133 Å². The van der Waals surface area contributed by atoms with Gasteiger partial charge in [0.1, 0.15) is 11.6 Å². The Morgan fingerprint density at radius 1 is 1.13 bits per heavy atom. The molecule has 0 aliphatic heterocycles. The highest BCUT2D eigenvalue weighted by Gasteiger charge is 2.12. The van der Waals surface area contributed by atoms with Crippen molar-refractivity contribution in [1.29, 1.82) is 0 Å². The number of aromatic nitrogens is 2. The molecule has 23 heavy (non-hydrogen) atoms. The van der Waals surface area contributed by atoms with Crippen LogP contribution >= 0.6 is 0 Å². The highest BCUT2D eigenvalue weighted by molar-refractivity contribution is 5.85. The molecule has 0 fully saturated rings. The number of aryl methyl sites for hydroxylation is 1. The molecule has 0 spiro atoms. The molecule has 0 aliphatic rings. The molecule has 3 rings (SSSR count). The Kier molecular flexibility index (Phi) is 3.97. The first-order chi connectivity index (χ1) is 11.1. The predicted octanol–water partition coefficient (Wildman–Crippen LogP) is 3.37. The van der Waals surface area contributed by atoms with E-state index in [0.717, 1.165) is 11.4 Å². The molecule has 116 valence electrons. The lowest BCUT2D eigenvalue weighted by Gasteiger charge is -2.09. The Hall–Kier alpha value is -3.28. The van der Waals surface area contributed by atoms with Crippen molar-refractivity contribution in [2.24, 2.45) is 0 Å².